The van der Waals surface area contributed by atoms with Crippen molar-refractivity contribution < 1.29 is 4.79 Å². The molecule has 0 unspecified atom stereocenters. The second-order valence-corrected chi connectivity index (χ2v) is 2.70. The maximum absolute atomic E-state index is 11.7. The molecule has 66 valence electrons. The molecule has 13 heavy (non-hydrogen) atoms. The normalized spacial score (nSPS) is 9.00. The van der Waals surface area contributed by atoms with Crippen molar-refractivity contribution in [2.45, 2.75) is 13.3 Å². The Balaban J connectivity index is 2.99. The monoisotopic (exact) mass is 172 g/mol. The predicted octanol–water partition coefficient (Wildman–Crippen LogP) is 2.99. The van der Waals surface area contributed by atoms with Gasteiger partial charge in [0.2, 0.25) is 0 Å². The molecule has 1 aromatic carbocycles. The summed E-state index contributed by atoms with van der Waals surface area (Å²) in [6.07, 6.45) is 0.678. The molecular weight excluding hydrogens is 160 g/mol. The number of hydrogen-bond donors (Lipinski definition) is 0. The molecule has 0 aromatic heterocycles. The Morgan fingerprint density at radius 1 is 1.38 bits per heavy atom. The lowest BCUT2D eigenvalue weighted by atomic mass is 10.0. The van der Waals surface area contributed by atoms with Crippen LogP contribution in [0.3, 0.4) is 0 Å². The van der Waals surface area contributed by atoms with E-state index in [4.69, 9.17) is 0 Å². The van der Waals surface area contributed by atoms with Gasteiger partial charge in [0.15, 0.2) is 5.78 Å². The Morgan fingerprint density at radius 2 is 2.00 bits per heavy atom. The summed E-state index contributed by atoms with van der Waals surface area (Å²) in [5, 5.41) is 0. The molecule has 0 radical (unpaired) electrons. The standard InChI is InChI=1S/C12H12O/c1-3-10(4-2)12(13)11-8-6-5-7-9-11/h5-9H,1,4H2,2H3. The fourth-order valence-corrected chi connectivity index (χ4v) is 1.13. The molecule has 1 nitrogen and oxygen atoms in total. The summed E-state index contributed by atoms with van der Waals surface area (Å²) < 4.78 is 0. The average Bonchev–Trinajstić information content (AvgIpc) is 2.21. The largest absolute Gasteiger partial charge is 0.288 e. The third kappa shape index (κ3) is 2.17. The molecule has 1 heteroatoms. The van der Waals surface area contributed by atoms with Crippen LogP contribution in [0.15, 0.2) is 48.2 Å². The van der Waals surface area contributed by atoms with Crippen LogP contribution >= 0.6 is 0 Å². The fraction of sp³-hybridized carbons (Fsp3) is 0.167. The van der Waals surface area contributed by atoms with E-state index >= 15 is 0 Å². The van der Waals surface area contributed by atoms with Gasteiger partial charge in [0.05, 0.1) is 0 Å². The molecule has 0 saturated heterocycles. The Hall–Kier alpha value is -1.59. The molecule has 0 aliphatic carbocycles. The van der Waals surface area contributed by atoms with Crippen molar-refractivity contribution in [3.05, 3.63) is 53.8 Å². The molecule has 0 bridgehead atoms. The Labute approximate surface area is 78.4 Å². The van der Waals surface area contributed by atoms with Crippen LogP contribution in [0.25, 0.3) is 0 Å². The van der Waals surface area contributed by atoms with Crippen molar-refractivity contribution in [1.29, 1.82) is 0 Å². The van der Waals surface area contributed by atoms with Gasteiger partial charge < -0.3 is 0 Å². The predicted molar refractivity (Wildman–Crippen MR) is 53.7 cm³/mol. The van der Waals surface area contributed by atoms with Gasteiger partial charge in [0, 0.05) is 11.1 Å². The first-order valence-electron chi connectivity index (χ1n) is 4.28. The van der Waals surface area contributed by atoms with E-state index in [2.05, 4.69) is 12.3 Å². The molecule has 0 aliphatic heterocycles. The fourth-order valence-electron chi connectivity index (χ4n) is 1.13. The summed E-state index contributed by atoms with van der Waals surface area (Å²) in [6, 6.07) is 9.19. The SMILES string of the molecule is C=C=C(CC)C(=O)c1ccccc1. The lowest BCUT2D eigenvalue weighted by molar-refractivity contribution is 0.103. The smallest absolute Gasteiger partial charge is 0.196 e. The van der Waals surface area contributed by atoms with E-state index in [0.717, 1.165) is 0 Å². The van der Waals surface area contributed by atoms with E-state index in [9.17, 15) is 4.79 Å². The summed E-state index contributed by atoms with van der Waals surface area (Å²) in [5.74, 6) is 0.0260. The average molecular weight is 172 g/mol. The summed E-state index contributed by atoms with van der Waals surface area (Å²) in [5.41, 5.74) is 4.02. The summed E-state index contributed by atoms with van der Waals surface area (Å²) in [7, 11) is 0. The van der Waals surface area contributed by atoms with Crippen LogP contribution in [0, 0.1) is 0 Å². The molecule has 1 rings (SSSR count). The maximum Gasteiger partial charge on any atom is 0.196 e. The van der Waals surface area contributed by atoms with E-state index in [-0.39, 0.29) is 5.78 Å². The van der Waals surface area contributed by atoms with E-state index < -0.39 is 0 Å². The van der Waals surface area contributed by atoms with Crippen LogP contribution in [0.2, 0.25) is 0 Å². The van der Waals surface area contributed by atoms with Crippen molar-refractivity contribution in [2.75, 3.05) is 0 Å². The molecular formula is C12H12O. The first kappa shape index (κ1) is 9.50. The van der Waals surface area contributed by atoms with Gasteiger partial charge >= 0.3 is 0 Å². The third-order valence-corrected chi connectivity index (χ3v) is 1.88. The minimum absolute atomic E-state index is 0.0260. The van der Waals surface area contributed by atoms with Crippen LogP contribution in [0.4, 0.5) is 0 Å². The van der Waals surface area contributed by atoms with Crippen LogP contribution in [-0.4, -0.2) is 5.78 Å². The lowest BCUT2D eigenvalue weighted by Crippen LogP contribution is -2.01. The van der Waals surface area contributed by atoms with Crippen LogP contribution in [0.5, 0.6) is 0 Å². The van der Waals surface area contributed by atoms with Gasteiger partial charge in [-0.25, -0.2) is 0 Å². The van der Waals surface area contributed by atoms with Gasteiger partial charge in [0.1, 0.15) is 0 Å². The number of carbonyl (C=O) groups excluding carboxylic acids is 1. The van der Waals surface area contributed by atoms with Gasteiger partial charge in [-0.1, -0.05) is 43.8 Å². The van der Waals surface area contributed by atoms with E-state index in [1.54, 1.807) is 12.1 Å². The molecule has 0 saturated carbocycles. The van der Waals surface area contributed by atoms with Crippen molar-refractivity contribution in [3.63, 3.8) is 0 Å². The number of Topliss-reactive ketones (excluding diaryl/α,β-unsaturated/α-hetero) is 1. The van der Waals surface area contributed by atoms with Crippen molar-refractivity contribution >= 4 is 5.78 Å². The van der Waals surface area contributed by atoms with Crippen molar-refractivity contribution in [2.24, 2.45) is 0 Å². The summed E-state index contributed by atoms with van der Waals surface area (Å²) >= 11 is 0. The highest BCUT2D eigenvalue weighted by atomic mass is 16.1. The molecule has 0 heterocycles. The number of carbonyl (C=O) groups is 1. The minimum atomic E-state index is 0.0260. The number of rotatable bonds is 3. The second kappa shape index (κ2) is 4.44. The number of benzene rings is 1. The first-order valence-corrected chi connectivity index (χ1v) is 4.28. The highest BCUT2D eigenvalue weighted by Gasteiger charge is 2.08. The highest BCUT2D eigenvalue weighted by molar-refractivity contribution is 6.08. The van der Waals surface area contributed by atoms with E-state index in [1.165, 1.54) is 0 Å². The molecule has 0 aliphatic rings. The van der Waals surface area contributed by atoms with Crippen LogP contribution in [-0.2, 0) is 0 Å². The van der Waals surface area contributed by atoms with E-state index in [1.807, 2.05) is 25.1 Å². The van der Waals surface area contributed by atoms with E-state index in [0.29, 0.717) is 17.6 Å². The highest BCUT2D eigenvalue weighted by Crippen LogP contribution is 2.09. The minimum Gasteiger partial charge on any atom is -0.288 e. The Morgan fingerprint density at radius 3 is 2.46 bits per heavy atom. The lowest BCUT2D eigenvalue weighted by Gasteiger charge is -1.99. The Kier molecular flexibility index (Phi) is 3.24. The Bertz CT molecular complexity index is 343. The maximum atomic E-state index is 11.7. The third-order valence-electron chi connectivity index (χ3n) is 1.88. The summed E-state index contributed by atoms with van der Waals surface area (Å²) in [4.78, 5) is 11.7. The van der Waals surface area contributed by atoms with Crippen LogP contribution in [0.1, 0.15) is 23.7 Å². The van der Waals surface area contributed by atoms with Gasteiger partial charge in [-0.3, -0.25) is 4.79 Å². The zero-order chi connectivity index (χ0) is 9.68. The molecule has 0 N–H and O–H groups in total. The topological polar surface area (TPSA) is 17.1 Å². The molecule has 0 fully saturated rings. The molecule has 0 spiro atoms. The van der Waals surface area contributed by atoms with Crippen molar-refractivity contribution in [3.8, 4) is 0 Å². The van der Waals surface area contributed by atoms with Crippen molar-refractivity contribution in [1.82, 2.24) is 0 Å². The molecule has 0 atom stereocenters. The second-order valence-electron chi connectivity index (χ2n) is 2.70. The summed E-state index contributed by atoms with van der Waals surface area (Å²) in [6.45, 7) is 5.42. The number of hydrogen-bond acceptors (Lipinski definition) is 1. The zero-order valence-electron chi connectivity index (χ0n) is 7.71. The van der Waals surface area contributed by atoms with Gasteiger partial charge in [0.25, 0.3) is 0 Å². The van der Waals surface area contributed by atoms with Gasteiger partial charge in [-0.15, -0.1) is 5.73 Å². The van der Waals surface area contributed by atoms with Gasteiger partial charge in [-0.2, -0.15) is 0 Å². The molecule has 0 amide bonds. The van der Waals surface area contributed by atoms with Gasteiger partial charge in [-0.05, 0) is 6.42 Å². The zero-order valence-corrected chi connectivity index (χ0v) is 7.71. The number of allylic oxidation sites excluding steroid dienone is 1. The molecule has 1 aromatic rings. The van der Waals surface area contributed by atoms with Crippen LogP contribution < -0.4 is 0 Å². The quantitative estimate of drug-likeness (QED) is 0.389. The first-order chi connectivity index (χ1) is 6.29. The number of ketones is 1.